The lowest BCUT2D eigenvalue weighted by molar-refractivity contribution is -0.746. The van der Waals surface area contributed by atoms with Gasteiger partial charge in [-0.05, 0) is 0 Å². The Balaban J connectivity index is 0.953. The molecule has 424 valence electrons. The Bertz CT molecular complexity index is 3390. The molecule has 8 heterocycles. The lowest BCUT2D eigenvalue weighted by Crippen LogP contribution is -2.46. The number of fused-ring (bicyclic) bond motifs is 2. The van der Waals surface area contributed by atoms with Gasteiger partial charge in [-0.3, -0.25) is 51.7 Å². The van der Waals surface area contributed by atoms with Gasteiger partial charge in [-0.15, -0.1) is 0 Å². The fourth-order valence-corrected chi connectivity index (χ4v) is 13.2. The molecule has 0 radical (unpaired) electrons. The molecule has 42 heteroatoms. The molecular weight excluding hydrogens is 1130 g/mol. The highest BCUT2D eigenvalue weighted by atomic mass is 31.3. The van der Waals surface area contributed by atoms with E-state index in [-0.39, 0.29) is 40.5 Å². The highest BCUT2D eigenvalue weighted by Crippen LogP contribution is 2.68. The summed E-state index contributed by atoms with van der Waals surface area (Å²) in [6.45, 7) is -3.36. The molecule has 0 aromatic carbocycles. The predicted octanol–water partition coefficient (Wildman–Crippen LogP) is -4.46. The van der Waals surface area contributed by atoms with Gasteiger partial charge >= 0.3 is 34.8 Å². The van der Waals surface area contributed by atoms with Gasteiger partial charge in [-0.2, -0.15) is 8.62 Å². The van der Waals surface area contributed by atoms with Crippen LogP contribution in [0.15, 0.2) is 45.6 Å². The number of hydrogen-bond acceptors (Lipinski definition) is 28. The second kappa shape index (κ2) is 22.6. The number of imidazole rings is 2. The van der Waals surface area contributed by atoms with Gasteiger partial charge in [0.15, 0.2) is 30.2 Å². The summed E-state index contributed by atoms with van der Waals surface area (Å²) in [5.41, 5.74) is 9.33. The number of nitrogen functional groups attached to an aromatic ring is 2. The summed E-state index contributed by atoms with van der Waals surface area (Å²) >= 11 is 0. The smallest absolute Gasteiger partial charge is 0.490 e. The zero-order valence-electron chi connectivity index (χ0n) is 40.1. The summed E-state index contributed by atoms with van der Waals surface area (Å²) < 4.78 is 115. The summed E-state index contributed by atoms with van der Waals surface area (Å²) in [7, 11) is -18.6. The first-order chi connectivity index (χ1) is 36.2. The van der Waals surface area contributed by atoms with Gasteiger partial charge in [0, 0.05) is 45.9 Å². The number of methoxy groups -OCH3 is 2. The number of nitrogens with two attached hydrogens (primary N) is 2. The maximum Gasteiger partial charge on any atom is 0.490 e. The van der Waals surface area contributed by atoms with Crippen molar-refractivity contribution in [2.45, 2.75) is 73.9 Å². The molecule has 0 bridgehead atoms. The standard InChI is InChI=1S/C35H49N13O25P4/c1-38-19(50)7-14-15(68-32(24(14)63-3)48-13-45(2)21-29(48)43-34(37)44-30(21)53)8-66-75(57,58)72-77(61,62)73-76(59,60)67-10-17-25(26(64-4)33(70-17)47-12-41-20-27(36)39-11-40-28(20)47)71-74(55,56)65-9-16-22(51)23(52)31(69-16)46-6-5-18(49)42-35(46)54/h5-6,11-17,22-26,31-33,51-52H,7-10H2,1-4H3,(H10-,36,37,38,39,40,42,43,44,49,50,53,54,55,56,57,58,59,60,61,62)/t14-,15-,16-,17?,22-,23-,24-,25-,26-,31-,32-,33-/m1/s1. The van der Waals surface area contributed by atoms with Gasteiger partial charge in [0.2, 0.25) is 17.7 Å². The number of amides is 1. The van der Waals surface area contributed by atoms with Crippen molar-refractivity contribution in [1.29, 1.82) is 0 Å². The number of carbonyl (C=O) groups excluding carboxylic acids is 1. The number of aryl methyl sites for hydroxylation is 1. The molecule has 8 rings (SSSR count). The molecule has 38 nitrogen and oxygen atoms in total. The number of nitrogens with one attached hydrogen (secondary N) is 3. The van der Waals surface area contributed by atoms with E-state index in [1.807, 2.05) is 4.98 Å². The Labute approximate surface area is 429 Å². The minimum absolute atomic E-state index is 0.00858. The Morgan fingerprint density at radius 1 is 0.844 bits per heavy atom. The monoisotopic (exact) mass is 1180 g/mol. The van der Waals surface area contributed by atoms with Crippen molar-refractivity contribution in [2.75, 3.05) is 52.6 Å². The van der Waals surface area contributed by atoms with E-state index < -0.39 is 147 Å². The number of aromatic nitrogens is 10. The fourth-order valence-electron chi connectivity index (χ4n) is 8.70. The van der Waals surface area contributed by atoms with E-state index in [0.29, 0.717) is 4.57 Å². The Kier molecular flexibility index (Phi) is 17.0. The van der Waals surface area contributed by atoms with Gasteiger partial charge in [0.1, 0.15) is 54.6 Å². The molecule has 3 fully saturated rings. The quantitative estimate of drug-likeness (QED) is 0.0231. The second-order valence-corrected chi connectivity index (χ2v) is 22.9. The number of anilines is 2. The number of aliphatic hydroxyl groups excluding tert-OH is 2. The highest BCUT2D eigenvalue weighted by molar-refractivity contribution is 7.66. The lowest BCUT2D eigenvalue weighted by Gasteiger charge is -2.31. The number of phosphoric ester groups is 3. The number of nitrogens with zero attached hydrogens (tertiary/aromatic N) is 8. The maximum atomic E-state index is 13.5. The molecule has 0 spiro atoms. The molecule has 16 atom stereocenters. The summed E-state index contributed by atoms with van der Waals surface area (Å²) in [6, 6.07) is 0.914. The molecule has 3 saturated heterocycles. The normalized spacial score (nSPS) is 29.8. The number of ether oxygens (including phenoxy) is 5. The van der Waals surface area contributed by atoms with Crippen LogP contribution in [-0.4, -0.2) is 164 Å². The number of rotatable bonds is 22. The van der Waals surface area contributed by atoms with Crippen molar-refractivity contribution in [3.8, 4) is 0 Å². The summed E-state index contributed by atoms with van der Waals surface area (Å²) in [4.78, 5) is 115. The van der Waals surface area contributed by atoms with Crippen LogP contribution in [0.3, 0.4) is 0 Å². The molecule has 12 N–H and O–H groups in total. The molecular formula is C35H49N13O25P4. The topological polar surface area (TPSA) is 528 Å². The van der Waals surface area contributed by atoms with E-state index in [4.69, 9.17) is 53.2 Å². The Hall–Kier alpha value is -5.11. The van der Waals surface area contributed by atoms with E-state index in [1.54, 1.807) is 0 Å². The van der Waals surface area contributed by atoms with Gasteiger partial charge < -0.3 is 79.3 Å². The highest BCUT2D eigenvalue weighted by Gasteiger charge is 2.53. The van der Waals surface area contributed by atoms with E-state index in [2.05, 4.69) is 38.9 Å². The minimum atomic E-state index is -6.22. The van der Waals surface area contributed by atoms with Crippen LogP contribution in [0.4, 0.5) is 11.8 Å². The maximum absolute atomic E-state index is 13.5. The van der Waals surface area contributed by atoms with Gasteiger partial charge in [-0.1, -0.05) is 4.98 Å². The number of aromatic amines is 2. The zero-order valence-corrected chi connectivity index (χ0v) is 43.6. The van der Waals surface area contributed by atoms with Crippen molar-refractivity contribution in [3.05, 3.63) is 62.4 Å². The van der Waals surface area contributed by atoms with Crippen molar-refractivity contribution < 1.29 is 108 Å². The number of hydrogen-bond donors (Lipinski definition) is 10. The van der Waals surface area contributed by atoms with E-state index in [0.717, 1.165) is 32.0 Å². The van der Waals surface area contributed by atoms with Crippen LogP contribution < -0.4 is 43.1 Å². The fraction of sp³-hybridized carbons (Fsp3) is 0.571. The second-order valence-electron chi connectivity index (χ2n) is 16.9. The summed E-state index contributed by atoms with van der Waals surface area (Å²) in [6.07, 6.45) is -13.5. The van der Waals surface area contributed by atoms with Crippen molar-refractivity contribution in [1.82, 2.24) is 48.9 Å². The van der Waals surface area contributed by atoms with Crippen LogP contribution in [0.25, 0.3) is 22.3 Å². The Morgan fingerprint density at radius 2 is 1.49 bits per heavy atom. The third kappa shape index (κ3) is 12.5. The molecule has 5 aromatic rings. The van der Waals surface area contributed by atoms with Crippen molar-refractivity contribution >= 4 is 71.3 Å². The van der Waals surface area contributed by atoms with Crippen LogP contribution in [0.1, 0.15) is 25.1 Å². The molecule has 3 aliphatic rings. The molecule has 1 amide bonds. The van der Waals surface area contributed by atoms with Gasteiger partial charge in [-0.25, -0.2) is 38.0 Å². The van der Waals surface area contributed by atoms with Crippen LogP contribution >= 0.6 is 31.3 Å². The zero-order chi connectivity index (χ0) is 56.1. The largest absolute Gasteiger partial charge is 0.756 e. The van der Waals surface area contributed by atoms with Crippen LogP contribution in [0.5, 0.6) is 0 Å². The number of H-pyrrole nitrogens is 2. The number of aliphatic hydroxyl groups is 2. The molecule has 0 saturated carbocycles. The number of carbonyl (C=O) groups is 1. The Morgan fingerprint density at radius 3 is 2.14 bits per heavy atom. The van der Waals surface area contributed by atoms with Crippen LogP contribution in [0.2, 0.25) is 0 Å². The molecule has 5 unspecified atom stereocenters. The third-order valence-electron chi connectivity index (χ3n) is 12.1. The first-order valence-corrected chi connectivity index (χ1v) is 28.0. The lowest BCUT2D eigenvalue weighted by atomic mass is 9.94. The first kappa shape index (κ1) is 58.0. The first-order valence-electron chi connectivity index (χ1n) is 22.1. The summed E-state index contributed by atoms with van der Waals surface area (Å²) in [5, 5.41) is 23.7. The summed E-state index contributed by atoms with van der Waals surface area (Å²) in [5.74, 6) is -1.94. The molecule has 77 heavy (non-hydrogen) atoms. The predicted molar refractivity (Wildman–Crippen MR) is 246 cm³/mol. The van der Waals surface area contributed by atoms with Crippen LogP contribution in [0, 0.1) is 5.92 Å². The van der Waals surface area contributed by atoms with E-state index in [1.165, 1.54) is 41.2 Å². The van der Waals surface area contributed by atoms with Gasteiger partial charge in [0.05, 0.1) is 39.3 Å². The van der Waals surface area contributed by atoms with Gasteiger partial charge in [0.25, 0.3) is 24.9 Å². The minimum Gasteiger partial charge on any atom is -0.756 e. The average molecular weight is 1180 g/mol. The third-order valence-corrected chi connectivity index (χ3v) is 17.3. The number of phosphoric acid groups is 4. The molecule has 3 aliphatic heterocycles. The van der Waals surface area contributed by atoms with Crippen molar-refractivity contribution in [2.24, 2.45) is 13.0 Å². The van der Waals surface area contributed by atoms with E-state index in [9.17, 15) is 67.2 Å². The van der Waals surface area contributed by atoms with Crippen molar-refractivity contribution in [3.63, 3.8) is 0 Å². The van der Waals surface area contributed by atoms with E-state index >= 15 is 0 Å². The average Bonchev–Trinajstić information content (AvgIpc) is 4.15. The molecule has 5 aromatic heterocycles. The SMILES string of the molecule is CNC(=O)C[C@H]1[C@@H](OC)[C@H]([n+]2cn(C)c3c(=O)[nH]c(N)nc32)O[C@@H]1COP(=O)(O)OP(=O)(O)OP(=O)(O)OCC1O[C@@H](n2cnc3c(N)ncnc32)[C@H](OC)[C@@H]1OP(=O)([O-])OC[C@H]1O[C@@H](n2ccc(=O)[nH]c2=O)[C@H](O)[C@@H]1O. The molecule has 0 aliphatic carbocycles. The van der Waals surface area contributed by atoms with Crippen LogP contribution in [-0.2, 0) is 80.5 Å².